The highest BCUT2D eigenvalue weighted by Crippen LogP contribution is 2.18. The molecule has 0 unspecified atom stereocenters. The van der Waals surface area contributed by atoms with Crippen molar-refractivity contribution >= 4 is 10.9 Å². The molecular weight excluding hydrogens is 248 g/mol. The van der Waals surface area contributed by atoms with Crippen molar-refractivity contribution in [2.24, 2.45) is 5.92 Å². The summed E-state index contributed by atoms with van der Waals surface area (Å²) in [6.07, 6.45) is 1.18. The Bertz CT molecular complexity index is 591. The van der Waals surface area contributed by atoms with Crippen molar-refractivity contribution < 1.29 is 4.74 Å². The minimum atomic E-state index is 0.504. The van der Waals surface area contributed by atoms with Crippen molar-refractivity contribution in [3.63, 3.8) is 0 Å². The van der Waals surface area contributed by atoms with Crippen LogP contribution in [0.25, 0.3) is 10.9 Å². The van der Waals surface area contributed by atoms with Crippen LogP contribution in [0, 0.1) is 12.8 Å². The second kappa shape index (κ2) is 5.90. The molecule has 20 heavy (non-hydrogen) atoms. The number of hydrogen-bond donors (Lipinski definition) is 1. The van der Waals surface area contributed by atoms with Gasteiger partial charge in [0.2, 0.25) is 0 Å². The second-order valence-corrected chi connectivity index (χ2v) is 5.77. The first-order chi connectivity index (χ1) is 9.72. The zero-order valence-electron chi connectivity index (χ0n) is 12.2. The normalized spacial score (nSPS) is 20.4. The Balaban J connectivity index is 1.66. The first-order valence-electron chi connectivity index (χ1n) is 7.40. The maximum atomic E-state index is 5.45. The van der Waals surface area contributed by atoms with Gasteiger partial charge in [0.15, 0.2) is 0 Å². The Morgan fingerprint density at radius 3 is 3.05 bits per heavy atom. The molecule has 1 fully saturated rings. The van der Waals surface area contributed by atoms with Crippen LogP contribution in [0.5, 0.6) is 0 Å². The molecule has 3 nitrogen and oxygen atoms in total. The van der Waals surface area contributed by atoms with Crippen molar-refractivity contribution in [2.75, 3.05) is 13.2 Å². The quantitative estimate of drug-likeness (QED) is 0.927. The molecule has 1 aromatic carbocycles. The average molecular weight is 270 g/mol. The lowest BCUT2D eigenvalue weighted by molar-refractivity contribution is 0.178. The Kier molecular flexibility index (Phi) is 3.99. The molecule has 2 heterocycles. The third-order valence-electron chi connectivity index (χ3n) is 4.19. The summed E-state index contributed by atoms with van der Waals surface area (Å²) in [5, 5.41) is 4.83. The maximum Gasteiger partial charge on any atom is 0.0705 e. The van der Waals surface area contributed by atoms with Gasteiger partial charge in [-0.05, 0) is 49.9 Å². The topological polar surface area (TPSA) is 34.1 Å². The number of nitrogens with one attached hydrogen (secondary N) is 1. The first-order valence-corrected chi connectivity index (χ1v) is 7.40. The molecule has 0 aliphatic carbocycles. The lowest BCUT2D eigenvalue weighted by Crippen LogP contribution is -2.33. The minimum Gasteiger partial charge on any atom is -0.381 e. The van der Waals surface area contributed by atoms with E-state index in [4.69, 9.17) is 4.74 Å². The molecule has 1 aliphatic heterocycles. The molecule has 3 rings (SSSR count). The summed E-state index contributed by atoms with van der Waals surface area (Å²) >= 11 is 0. The molecule has 106 valence electrons. The monoisotopic (exact) mass is 270 g/mol. The molecule has 0 spiro atoms. The molecule has 3 heteroatoms. The van der Waals surface area contributed by atoms with Crippen LogP contribution in [0.3, 0.4) is 0 Å². The summed E-state index contributed by atoms with van der Waals surface area (Å²) in [5.41, 5.74) is 3.46. The standard InChI is InChI=1S/C17H22N2O/c1-12-3-5-15-9-14(4-6-17(15)19-12)10-18-13(2)16-7-8-20-11-16/h3-6,9,13,16,18H,7-8,10-11H2,1-2H3/t13-,16-/m1/s1. The van der Waals surface area contributed by atoms with Crippen molar-refractivity contribution in [1.82, 2.24) is 10.3 Å². The largest absolute Gasteiger partial charge is 0.381 e. The minimum absolute atomic E-state index is 0.504. The number of nitrogens with zero attached hydrogens (tertiary/aromatic N) is 1. The SMILES string of the molecule is Cc1ccc2cc(CN[C@H](C)[C@@H]3CCOC3)ccc2n1. The molecular formula is C17H22N2O. The van der Waals surface area contributed by atoms with Crippen LogP contribution >= 0.6 is 0 Å². The predicted molar refractivity (Wildman–Crippen MR) is 81.7 cm³/mol. The molecule has 1 saturated heterocycles. The fourth-order valence-electron chi connectivity index (χ4n) is 2.78. The molecule has 2 aromatic rings. The van der Waals surface area contributed by atoms with Gasteiger partial charge in [-0.3, -0.25) is 4.98 Å². The number of aromatic nitrogens is 1. The van der Waals surface area contributed by atoms with E-state index >= 15 is 0 Å². The Hall–Kier alpha value is -1.45. The number of hydrogen-bond acceptors (Lipinski definition) is 3. The van der Waals surface area contributed by atoms with Gasteiger partial charge in [0.05, 0.1) is 12.1 Å². The second-order valence-electron chi connectivity index (χ2n) is 5.77. The summed E-state index contributed by atoms with van der Waals surface area (Å²) in [7, 11) is 0. The van der Waals surface area contributed by atoms with Crippen LogP contribution < -0.4 is 5.32 Å². The van der Waals surface area contributed by atoms with E-state index < -0.39 is 0 Å². The fourth-order valence-corrected chi connectivity index (χ4v) is 2.78. The van der Waals surface area contributed by atoms with E-state index in [-0.39, 0.29) is 0 Å². The van der Waals surface area contributed by atoms with Gasteiger partial charge in [-0.2, -0.15) is 0 Å². The van der Waals surface area contributed by atoms with Crippen molar-refractivity contribution in [3.8, 4) is 0 Å². The van der Waals surface area contributed by atoms with E-state index in [1.165, 1.54) is 17.4 Å². The molecule has 0 amide bonds. The lowest BCUT2D eigenvalue weighted by atomic mass is 10.0. The van der Waals surface area contributed by atoms with Crippen LogP contribution in [0.1, 0.15) is 24.6 Å². The highest BCUT2D eigenvalue weighted by molar-refractivity contribution is 5.79. The van der Waals surface area contributed by atoms with Gasteiger partial charge in [0.25, 0.3) is 0 Å². The molecule has 1 N–H and O–H groups in total. The zero-order chi connectivity index (χ0) is 13.9. The van der Waals surface area contributed by atoms with E-state index in [0.717, 1.165) is 31.0 Å². The van der Waals surface area contributed by atoms with Crippen molar-refractivity contribution in [2.45, 2.75) is 32.9 Å². The molecule has 1 aromatic heterocycles. The maximum absolute atomic E-state index is 5.45. The van der Waals surface area contributed by atoms with Gasteiger partial charge in [-0.1, -0.05) is 12.1 Å². The van der Waals surface area contributed by atoms with Gasteiger partial charge in [0.1, 0.15) is 0 Å². The Morgan fingerprint density at radius 2 is 2.25 bits per heavy atom. The van der Waals surface area contributed by atoms with Crippen LogP contribution in [0.15, 0.2) is 30.3 Å². The van der Waals surface area contributed by atoms with Crippen molar-refractivity contribution in [1.29, 1.82) is 0 Å². The van der Waals surface area contributed by atoms with Crippen LogP contribution in [-0.4, -0.2) is 24.2 Å². The molecule has 0 saturated carbocycles. The van der Waals surface area contributed by atoms with Crippen LogP contribution in [-0.2, 0) is 11.3 Å². The fraction of sp³-hybridized carbons (Fsp3) is 0.471. The third kappa shape index (κ3) is 3.00. The van der Waals surface area contributed by atoms with E-state index in [1.807, 2.05) is 6.92 Å². The number of ether oxygens (including phenoxy) is 1. The van der Waals surface area contributed by atoms with Gasteiger partial charge in [-0.25, -0.2) is 0 Å². The number of pyridine rings is 1. The van der Waals surface area contributed by atoms with Crippen molar-refractivity contribution in [3.05, 3.63) is 41.6 Å². The molecule has 0 radical (unpaired) electrons. The molecule has 0 bridgehead atoms. The van der Waals surface area contributed by atoms with Crippen LogP contribution in [0.2, 0.25) is 0 Å². The smallest absolute Gasteiger partial charge is 0.0705 e. The number of rotatable bonds is 4. The Labute approximate surface area is 120 Å². The summed E-state index contributed by atoms with van der Waals surface area (Å²) in [6, 6.07) is 11.2. The summed E-state index contributed by atoms with van der Waals surface area (Å²) in [5.74, 6) is 0.653. The van der Waals surface area contributed by atoms with E-state index in [9.17, 15) is 0 Å². The molecule has 1 aliphatic rings. The third-order valence-corrected chi connectivity index (χ3v) is 4.19. The number of aryl methyl sites for hydroxylation is 1. The zero-order valence-corrected chi connectivity index (χ0v) is 12.2. The van der Waals surface area contributed by atoms with Gasteiger partial charge in [0, 0.05) is 30.3 Å². The van der Waals surface area contributed by atoms with Crippen LogP contribution in [0.4, 0.5) is 0 Å². The first kappa shape index (κ1) is 13.5. The highest BCUT2D eigenvalue weighted by Gasteiger charge is 2.21. The van der Waals surface area contributed by atoms with Gasteiger partial charge < -0.3 is 10.1 Å². The average Bonchev–Trinajstić information content (AvgIpc) is 2.99. The lowest BCUT2D eigenvalue weighted by Gasteiger charge is -2.19. The number of fused-ring (bicyclic) bond motifs is 1. The van der Waals surface area contributed by atoms with E-state index in [1.54, 1.807) is 0 Å². The van der Waals surface area contributed by atoms with E-state index in [2.05, 4.69) is 47.6 Å². The summed E-state index contributed by atoms with van der Waals surface area (Å²) in [6.45, 7) is 7.00. The Morgan fingerprint density at radius 1 is 1.35 bits per heavy atom. The molecule has 2 atom stereocenters. The summed E-state index contributed by atoms with van der Waals surface area (Å²) < 4.78 is 5.45. The number of benzene rings is 1. The van der Waals surface area contributed by atoms with E-state index in [0.29, 0.717) is 12.0 Å². The predicted octanol–water partition coefficient (Wildman–Crippen LogP) is 3.06. The highest BCUT2D eigenvalue weighted by atomic mass is 16.5. The summed E-state index contributed by atoms with van der Waals surface area (Å²) in [4.78, 5) is 4.54. The van der Waals surface area contributed by atoms with Gasteiger partial charge in [-0.15, -0.1) is 0 Å². The van der Waals surface area contributed by atoms with Gasteiger partial charge >= 0.3 is 0 Å².